The number of benzene rings is 2. The summed E-state index contributed by atoms with van der Waals surface area (Å²) in [6, 6.07) is 7.86. The van der Waals surface area contributed by atoms with Crippen molar-refractivity contribution in [2.75, 3.05) is 6.61 Å². The third-order valence-electron chi connectivity index (χ3n) is 3.53. The van der Waals surface area contributed by atoms with E-state index in [1.54, 1.807) is 0 Å². The zero-order valence-electron chi connectivity index (χ0n) is 15.4. The van der Waals surface area contributed by atoms with Gasteiger partial charge < -0.3 is 14.2 Å². The van der Waals surface area contributed by atoms with E-state index >= 15 is 0 Å². The first-order valence-corrected chi connectivity index (χ1v) is 8.32. The molecule has 0 aliphatic carbocycles. The summed E-state index contributed by atoms with van der Waals surface area (Å²) in [5.74, 6) is -3.19. The predicted molar refractivity (Wildman–Crippen MR) is 97.1 cm³/mol. The first-order valence-electron chi connectivity index (χ1n) is 8.32. The summed E-state index contributed by atoms with van der Waals surface area (Å²) in [5, 5.41) is 10.7. The van der Waals surface area contributed by atoms with Crippen molar-refractivity contribution >= 4 is 23.5 Å². The van der Waals surface area contributed by atoms with Crippen LogP contribution in [0.3, 0.4) is 0 Å². The van der Waals surface area contributed by atoms with Gasteiger partial charge in [0.05, 0.1) is 10.5 Å². The maximum atomic E-state index is 12.6. The molecule has 0 saturated carbocycles. The summed E-state index contributed by atoms with van der Waals surface area (Å²) in [4.78, 5) is 34.0. The highest BCUT2D eigenvalue weighted by atomic mass is 19.3. The number of Topliss-reactive ketones (excluding diaryl/α,β-unsaturated/α-hetero) is 1. The van der Waals surface area contributed by atoms with Crippen molar-refractivity contribution in [1.82, 2.24) is 0 Å². The molecule has 12 heteroatoms. The molecule has 0 saturated heterocycles. The number of rotatable bonds is 10. The first kappa shape index (κ1) is 23.3. The number of carbonyl (C=O) groups excluding carboxylic acids is 2. The molecule has 8 nitrogen and oxygen atoms in total. The van der Waals surface area contributed by atoms with Crippen LogP contribution in [0.5, 0.6) is 11.5 Å². The number of esters is 1. The van der Waals surface area contributed by atoms with Gasteiger partial charge in [0.1, 0.15) is 11.5 Å². The molecule has 0 N–H and O–H groups in total. The Hall–Kier alpha value is -3.96. The van der Waals surface area contributed by atoms with Gasteiger partial charge in [-0.05, 0) is 23.8 Å². The topological polar surface area (TPSA) is 105 Å². The van der Waals surface area contributed by atoms with Crippen molar-refractivity contribution in [1.29, 1.82) is 0 Å². The summed E-state index contributed by atoms with van der Waals surface area (Å²) in [6.07, 6.45) is 2.12. The van der Waals surface area contributed by atoms with E-state index in [1.807, 2.05) is 0 Å². The quantitative estimate of drug-likeness (QED) is 0.135. The number of nitro groups is 1. The second-order valence-electron chi connectivity index (χ2n) is 5.63. The lowest BCUT2D eigenvalue weighted by Crippen LogP contribution is -2.15. The van der Waals surface area contributed by atoms with E-state index in [4.69, 9.17) is 4.74 Å². The number of non-ortho nitro benzene ring substituents is 1. The molecule has 0 fully saturated rings. The van der Waals surface area contributed by atoms with Crippen LogP contribution in [-0.4, -0.2) is 36.5 Å². The fourth-order valence-corrected chi connectivity index (χ4v) is 2.27. The van der Waals surface area contributed by atoms with Crippen LogP contribution in [0, 0.1) is 10.1 Å². The minimum Gasteiger partial charge on any atom is -0.454 e. The predicted octanol–water partition coefficient (Wildman–Crippen LogP) is 4.24. The van der Waals surface area contributed by atoms with Crippen molar-refractivity contribution < 1.29 is 46.3 Å². The molecule has 0 heterocycles. The Morgan fingerprint density at radius 1 is 1.03 bits per heavy atom. The average Bonchev–Trinajstić information content (AvgIpc) is 2.70. The van der Waals surface area contributed by atoms with Crippen molar-refractivity contribution in [3.8, 4) is 11.5 Å². The summed E-state index contributed by atoms with van der Waals surface area (Å²) >= 11 is 0. The van der Waals surface area contributed by atoms with Gasteiger partial charge in [-0.3, -0.25) is 14.9 Å². The molecule has 0 amide bonds. The van der Waals surface area contributed by atoms with Crippen LogP contribution in [0.2, 0.25) is 0 Å². The van der Waals surface area contributed by atoms with Crippen LogP contribution in [-0.2, 0) is 9.53 Å². The highest BCUT2D eigenvalue weighted by molar-refractivity contribution is 6.01. The Kier molecular flexibility index (Phi) is 8.06. The number of hydrogen-bond donors (Lipinski definition) is 0. The second kappa shape index (κ2) is 10.7. The van der Waals surface area contributed by atoms with Crippen molar-refractivity contribution in [2.45, 2.75) is 13.2 Å². The zero-order chi connectivity index (χ0) is 23.0. The Bertz CT molecular complexity index is 995. The van der Waals surface area contributed by atoms with E-state index < -0.39 is 53.6 Å². The van der Waals surface area contributed by atoms with Crippen molar-refractivity contribution in [3.05, 3.63) is 69.8 Å². The number of nitrogens with zero attached hydrogens (tertiary/aromatic N) is 1. The van der Waals surface area contributed by atoms with Gasteiger partial charge in [-0.1, -0.05) is 12.1 Å². The molecule has 164 valence electrons. The van der Waals surface area contributed by atoms with E-state index in [9.17, 15) is 37.3 Å². The number of nitro benzene ring substituents is 1. The van der Waals surface area contributed by atoms with Gasteiger partial charge in [-0.2, -0.15) is 17.6 Å². The molecule has 2 aromatic rings. The Morgan fingerprint density at radius 2 is 1.74 bits per heavy atom. The number of ketones is 1. The molecular weight excluding hydrogens is 430 g/mol. The van der Waals surface area contributed by atoms with E-state index in [-0.39, 0.29) is 5.69 Å². The van der Waals surface area contributed by atoms with Crippen LogP contribution in [0.15, 0.2) is 48.5 Å². The lowest BCUT2D eigenvalue weighted by atomic mass is 10.1. The first-order chi connectivity index (χ1) is 14.7. The zero-order valence-corrected chi connectivity index (χ0v) is 15.4. The van der Waals surface area contributed by atoms with Crippen LogP contribution in [0.1, 0.15) is 15.9 Å². The smallest absolute Gasteiger partial charge is 0.387 e. The third-order valence-corrected chi connectivity index (χ3v) is 3.53. The molecule has 0 aromatic heterocycles. The minimum atomic E-state index is -3.35. The molecule has 0 spiro atoms. The lowest BCUT2D eigenvalue weighted by molar-refractivity contribution is -0.384. The van der Waals surface area contributed by atoms with Gasteiger partial charge in [0, 0.05) is 24.3 Å². The highest BCUT2D eigenvalue weighted by Crippen LogP contribution is 2.28. The maximum absolute atomic E-state index is 12.6. The van der Waals surface area contributed by atoms with Gasteiger partial charge in [0.2, 0.25) is 5.78 Å². The molecule has 0 radical (unpaired) electrons. The van der Waals surface area contributed by atoms with E-state index in [1.165, 1.54) is 30.3 Å². The van der Waals surface area contributed by atoms with Gasteiger partial charge in [-0.15, -0.1) is 0 Å². The van der Waals surface area contributed by atoms with Gasteiger partial charge >= 0.3 is 19.2 Å². The number of alkyl halides is 4. The summed E-state index contributed by atoms with van der Waals surface area (Å²) < 4.78 is 62.5. The fraction of sp³-hybridized carbons (Fsp3) is 0.158. The maximum Gasteiger partial charge on any atom is 0.387 e. The van der Waals surface area contributed by atoms with E-state index in [0.717, 1.165) is 18.2 Å². The summed E-state index contributed by atoms with van der Waals surface area (Å²) in [6.45, 7) is -7.44. The molecule has 0 aliphatic rings. The average molecular weight is 443 g/mol. The number of ether oxygens (including phenoxy) is 3. The fourth-order valence-electron chi connectivity index (χ4n) is 2.27. The molecule has 0 atom stereocenters. The molecule has 2 aromatic carbocycles. The van der Waals surface area contributed by atoms with Crippen LogP contribution >= 0.6 is 0 Å². The largest absolute Gasteiger partial charge is 0.454 e. The van der Waals surface area contributed by atoms with Crippen LogP contribution in [0.4, 0.5) is 23.2 Å². The number of carbonyl (C=O) groups is 2. The normalized spacial score (nSPS) is 11.0. The Balaban J connectivity index is 2.04. The number of hydrogen-bond acceptors (Lipinski definition) is 7. The molecule has 0 unspecified atom stereocenters. The monoisotopic (exact) mass is 443 g/mol. The molecule has 0 aliphatic heterocycles. The van der Waals surface area contributed by atoms with Crippen molar-refractivity contribution in [2.24, 2.45) is 0 Å². The van der Waals surface area contributed by atoms with E-state index in [2.05, 4.69) is 9.47 Å². The Morgan fingerprint density at radius 3 is 2.39 bits per heavy atom. The molecule has 31 heavy (non-hydrogen) atoms. The summed E-state index contributed by atoms with van der Waals surface area (Å²) in [5.41, 5.74) is -0.325. The Labute approximate surface area is 171 Å². The van der Waals surface area contributed by atoms with Gasteiger partial charge in [0.25, 0.3) is 5.69 Å². The lowest BCUT2D eigenvalue weighted by Gasteiger charge is -2.12. The molecular formula is C19H13F4NO7. The molecule has 2 rings (SSSR count). The SMILES string of the molecule is O=C(/C=C/c1cccc([N+](=O)[O-])c1)OCC(=O)c1ccc(OC(F)F)cc1OC(F)F. The van der Waals surface area contributed by atoms with Crippen LogP contribution in [0.25, 0.3) is 6.08 Å². The van der Waals surface area contributed by atoms with Gasteiger partial charge in [-0.25, -0.2) is 4.79 Å². The van der Waals surface area contributed by atoms with Crippen molar-refractivity contribution in [3.63, 3.8) is 0 Å². The third kappa shape index (κ3) is 7.42. The number of halogens is 4. The second-order valence-corrected chi connectivity index (χ2v) is 5.63. The van der Waals surface area contributed by atoms with E-state index in [0.29, 0.717) is 11.6 Å². The van der Waals surface area contributed by atoms with Crippen LogP contribution < -0.4 is 9.47 Å². The van der Waals surface area contributed by atoms with Gasteiger partial charge in [0.15, 0.2) is 6.61 Å². The minimum absolute atomic E-state index is 0.198. The standard InChI is InChI=1S/C19H13F4NO7/c20-18(21)30-13-5-6-14(16(9-13)31-19(22)23)15(25)10-29-17(26)7-4-11-2-1-3-12(8-11)24(27)28/h1-9,18-19H,10H2/b7-4+. The summed E-state index contributed by atoms with van der Waals surface area (Å²) in [7, 11) is 0. The molecule has 0 bridgehead atoms. The highest BCUT2D eigenvalue weighted by Gasteiger charge is 2.19.